The molecule has 4 nitrogen and oxygen atoms in total. The second-order valence-corrected chi connectivity index (χ2v) is 4.18. The lowest BCUT2D eigenvalue weighted by Crippen LogP contribution is -2.31. The van der Waals surface area contributed by atoms with E-state index in [9.17, 15) is 4.79 Å². The first-order valence-corrected chi connectivity index (χ1v) is 7.24. The molecule has 0 spiro atoms. The quantitative estimate of drug-likeness (QED) is 0.386. The van der Waals surface area contributed by atoms with Crippen LogP contribution in [0.3, 0.4) is 0 Å². The van der Waals surface area contributed by atoms with E-state index < -0.39 is 0 Å². The summed E-state index contributed by atoms with van der Waals surface area (Å²) in [6.07, 6.45) is 5.59. The molecule has 108 valence electrons. The van der Waals surface area contributed by atoms with Gasteiger partial charge in [-0.1, -0.05) is 46.4 Å². The topological polar surface area (TPSA) is 68.0 Å². The summed E-state index contributed by atoms with van der Waals surface area (Å²) in [5.41, 5.74) is 2.95. The van der Waals surface area contributed by atoms with Crippen LogP contribution in [0.5, 0.6) is 0 Å². The molecule has 0 unspecified atom stereocenters. The van der Waals surface area contributed by atoms with Crippen LogP contribution in [0, 0.1) is 6.92 Å². The first-order valence-electron chi connectivity index (χ1n) is 6.42. The summed E-state index contributed by atoms with van der Waals surface area (Å²) < 4.78 is 0. The first kappa shape index (κ1) is 19.9. The van der Waals surface area contributed by atoms with E-state index in [1.807, 2.05) is 46.8 Å². The fourth-order valence-corrected chi connectivity index (χ4v) is 1.96. The van der Waals surface area contributed by atoms with Crippen LogP contribution in [-0.4, -0.2) is 10.9 Å². The van der Waals surface area contributed by atoms with E-state index in [-0.39, 0.29) is 12.3 Å². The second kappa shape index (κ2) is 13.0. The minimum atomic E-state index is -0.233. The number of rotatable bonds is 4. The average molecular weight is 283 g/mol. The van der Waals surface area contributed by atoms with Crippen molar-refractivity contribution in [2.45, 2.75) is 41.0 Å². The van der Waals surface area contributed by atoms with Crippen LogP contribution in [0.25, 0.3) is 6.08 Å². The maximum absolute atomic E-state index is 11.0. The van der Waals surface area contributed by atoms with Crippen LogP contribution in [0.15, 0.2) is 18.7 Å². The van der Waals surface area contributed by atoms with Gasteiger partial charge in [-0.05, 0) is 13.0 Å². The zero-order chi connectivity index (χ0) is 15.3. The highest BCUT2D eigenvalue weighted by Gasteiger charge is 2.08. The number of allylic oxidation sites excluding steroid dienone is 2. The molecule has 0 fully saturated rings. The highest BCUT2D eigenvalue weighted by molar-refractivity contribution is 7.11. The number of aromatic nitrogens is 1. The average Bonchev–Trinajstić information content (AvgIpc) is 2.80. The van der Waals surface area contributed by atoms with Crippen molar-refractivity contribution in [3.63, 3.8) is 0 Å². The molecule has 0 aromatic carbocycles. The van der Waals surface area contributed by atoms with E-state index >= 15 is 0 Å². The summed E-state index contributed by atoms with van der Waals surface area (Å²) in [5, 5.41) is 0.763. The van der Waals surface area contributed by atoms with Crippen molar-refractivity contribution in [2.75, 3.05) is 0 Å². The summed E-state index contributed by atoms with van der Waals surface area (Å²) in [6, 6.07) is 0. The lowest BCUT2D eigenvalue weighted by Gasteiger charge is -1.93. The largest absolute Gasteiger partial charge is 0.294 e. The van der Waals surface area contributed by atoms with Crippen molar-refractivity contribution >= 4 is 23.3 Å². The molecule has 0 aliphatic carbocycles. The Morgan fingerprint density at radius 1 is 1.42 bits per heavy atom. The number of nitrogens with zero attached hydrogens (tertiary/aromatic N) is 1. The highest BCUT2D eigenvalue weighted by atomic mass is 32.1. The molecule has 0 bridgehead atoms. The Hall–Kier alpha value is -1.46. The van der Waals surface area contributed by atoms with Crippen molar-refractivity contribution in [1.29, 1.82) is 0 Å². The molecule has 1 amide bonds. The normalized spacial score (nSPS) is 8.95. The molecular formula is C14H25N3OS. The van der Waals surface area contributed by atoms with E-state index in [0.717, 1.165) is 15.6 Å². The predicted octanol–water partition coefficient (Wildman–Crippen LogP) is 3.24. The Morgan fingerprint density at radius 2 is 2.00 bits per heavy atom. The number of hydrogen-bond donors (Lipinski definition) is 2. The Morgan fingerprint density at radius 3 is 2.47 bits per heavy atom. The smallest absolute Gasteiger partial charge is 0.240 e. The van der Waals surface area contributed by atoms with Gasteiger partial charge < -0.3 is 0 Å². The van der Waals surface area contributed by atoms with Crippen molar-refractivity contribution in [3.05, 3.63) is 34.3 Å². The summed E-state index contributed by atoms with van der Waals surface area (Å²) >= 11 is 1.50. The van der Waals surface area contributed by atoms with Gasteiger partial charge in [-0.25, -0.2) is 10.8 Å². The Kier molecular flexibility index (Phi) is 13.6. The van der Waals surface area contributed by atoms with Gasteiger partial charge in [0.05, 0.1) is 12.1 Å². The minimum Gasteiger partial charge on any atom is -0.294 e. The standard InChI is InChI=1S/C10H13N3OS.2C2H6/c1-3-4-5-8-7(2)15-10(12-8)6-9(14)13-11;2*1-2/h3-5H,1,6,11H2,2H3,(H,13,14);2*1-2H3/b5-4-;;. The maximum atomic E-state index is 11.0. The summed E-state index contributed by atoms with van der Waals surface area (Å²) in [4.78, 5) is 16.4. The lowest BCUT2D eigenvalue weighted by atomic mass is 10.3. The molecule has 19 heavy (non-hydrogen) atoms. The summed E-state index contributed by atoms with van der Waals surface area (Å²) in [5.74, 6) is 4.76. The molecule has 0 saturated heterocycles. The Labute approximate surface area is 120 Å². The van der Waals surface area contributed by atoms with Gasteiger partial charge in [0.1, 0.15) is 5.01 Å². The maximum Gasteiger partial charge on any atom is 0.240 e. The second-order valence-electron chi connectivity index (χ2n) is 2.89. The lowest BCUT2D eigenvalue weighted by molar-refractivity contribution is -0.120. The van der Waals surface area contributed by atoms with E-state index in [4.69, 9.17) is 5.84 Å². The fourth-order valence-electron chi connectivity index (χ4n) is 1.04. The van der Waals surface area contributed by atoms with E-state index in [0.29, 0.717) is 0 Å². The number of thiazole rings is 1. The van der Waals surface area contributed by atoms with Gasteiger partial charge in [-0.2, -0.15) is 0 Å². The van der Waals surface area contributed by atoms with Crippen LogP contribution in [0.2, 0.25) is 0 Å². The van der Waals surface area contributed by atoms with Crippen LogP contribution in [0.1, 0.15) is 43.3 Å². The molecule has 0 radical (unpaired) electrons. The summed E-state index contributed by atoms with van der Waals surface area (Å²) in [7, 11) is 0. The van der Waals surface area contributed by atoms with Crippen LogP contribution in [-0.2, 0) is 11.2 Å². The molecular weight excluding hydrogens is 258 g/mol. The van der Waals surface area contributed by atoms with E-state index in [1.165, 1.54) is 11.3 Å². The number of carbonyl (C=O) groups is 1. The summed E-state index contributed by atoms with van der Waals surface area (Å²) in [6.45, 7) is 13.5. The number of hydrogen-bond acceptors (Lipinski definition) is 4. The number of nitrogens with one attached hydrogen (secondary N) is 1. The van der Waals surface area contributed by atoms with Gasteiger partial charge in [0.25, 0.3) is 0 Å². The molecule has 5 heteroatoms. The van der Waals surface area contributed by atoms with Gasteiger partial charge in [-0.3, -0.25) is 10.2 Å². The van der Waals surface area contributed by atoms with Crippen LogP contribution < -0.4 is 11.3 Å². The molecule has 1 aromatic heterocycles. The number of carbonyl (C=O) groups excluding carboxylic acids is 1. The van der Waals surface area contributed by atoms with Crippen LogP contribution >= 0.6 is 11.3 Å². The molecule has 3 N–H and O–H groups in total. The van der Waals surface area contributed by atoms with E-state index in [1.54, 1.807) is 6.08 Å². The molecule has 0 aliphatic heterocycles. The number of nitrogens with two attached hydrogens (primary N) is 1. The van der Waals surface area contributed by atoms with Crippen molar-refractivity contribution in [2.24, 2.45) is 5.84 Å². The number of aryl methyl sites for hydroxylation is 1. The molecule has 0 atom stereocenters. The van der Waals surface area contributed by atoms with Gasteiger partial charge in [0, 0.05) is 4.88 Å². The first-order chi connectivity index (χ1) is 9.17. The Bertz CT molecular complexity index is 397. The Balaban J connectivity index is 0. The van der Waals surface area contributed by atoms with Crippen molar-refractivity contribution in [3.8, 4) is 0 Å². The molecule has 0 aliphatic rings. The molecule has 0 saturated carbocycles. The monoisotopic (exact) mass is 283 g/mol. The van der Waals surface area contributed by atoms with Gasteiger partial charge >= 0.3 is 0 Å². The fraction of sp³-hybridized carbons (Fsp3) is 0.429. The van der Waals surface area contributed by atoms with Crippen molar-refractivity contribution in [1.82, 2.24) is 10.4 Å². The number of hydrazine groups is 1. The SMILES string of the molecule is C=C/C=C\c1nc(CC(=O)NN)sc1C.CC.CC. The molecule has 1 rings (SSSR count). The van der Waals surface area contributed by atoms with Crippen LogP contribution in [0.4, 0.5) is 0 Å². The predicted molar refractivity (Wildman–Crippen MR) is 84.8 cm³/mol. The zero-order valence-corrected chi connectivity index (χ0v) is 13.3. The van der Waals surface area contributed by atoms with Gasteiger partial charge in [-0.15, -0.1) is 11.3 Å². The highest BCUT2D eigenvalue weighted by Crippen LogP contribution is 2.19. The molecule has 1 heterocycles. The van der Waals surface area contributed by atoms with Gasteiger partial charge in [0.2, 0.25) is 5.91 Å². The van der Waals surface area contributed by atoms with E-state index in [2.05, 4.69) is 17.0 Å². The zero-order valence-electron chi connectivity index (χ0n) is 12.5. The third kappa shape index (κ3) is 8.29. The molecule has 1 aromatic rings. The third-order valence-electron chi connectivity index (χ3n) is 1.74. The minimum absolute atomic E-state index is 0.226. The van der Waals surface area contributed by atoms with Crippen molar-refractivity contribution < 1.29 is 4.79 Å². The number of amides is 1. The van der Waals surface area contributed by atoms with Gasteiger partial charge in [0.15, 0.2) is 0 Å². The third-order valence-corrected chi connectivity index (χ3v) is 2.73.